The molecule has 0 radical (unpaired) electrons. The van der Waals surface area contributed by atoms with Gasteiger partial charge in [-0.2, -0.15) is 0 Å². The van der Waals surface area contributed by atoms with E-state index in [2.05, 4.69) is 9.96 Å². The molecule has 6 heteroatoms. The first-order valence-electron chi connectivity index (χ1n) is 3.82. The van der Waals surface area contributed by atoms with Crippen LogP contribution in [0.3, 0.4) is 0 Å². The van der Waals surface area contributed by atoms with Gasteiger partial charge in [-0.3, -0.25) is 4.79 Å². The van der Waals surface area contributed by atoms with Crippen LogP contribution in [-0.2, 0) is 9.53 Å². The lowest BCUT2D eigenvalue weighted by molar-refractivity contribution is -0.142. The highest BCUT2D eigenvalue weighted by atomic mass is 16.5. The van der Waals surface area contributed by atoms with E-state index in [1.165, 1.54) is 7.11 Å². The molecule has 5 nitrogen and oxygen atoms in total. The van der Waals surface area contributed by atoms with Crippen LogP contribution < -0.4 is 11.0 Å². The topological polar surface area (TPSA) is 84.6 Å². The summed E-state index contributed by atoms with van der Waals surface area (Å²) in [5.74, 6) is -0.428. The molecule has 0 aliphatic carbocycles. The summed E-state index contributed by atoms with van der Waals surface area (Å²) in [4.78, 5) is 10.7. The fraction of sp³-hybridized carbons (Fsp3) is 0.833. The molecule has 0 saturated heterocycles. The Morgan fingerprint density at radius 2 is 2.42 bits per heavy atom. The van der Waals surface area contributed by atoms with Gasteiger partial charge >= 0.3 is 13.0 Å². The smallest absolute Gasteiger partial charge is 0.373 e. The van der Waals surface area contributed by atoms with Crippen LogP contribution in [0.25, 0.3) is 0 Å². The number of hydrogen-bond acceptors (Lipinski definition) is 5. The number of rotatable bonds is 5. The van der Waals surface area contributed by atoms with Crippen molar-refractivity contribution in [2.75, 3.05) is 13.7 Å². The number of nitrogens with one attached hydrogen (secondary N) is 1. The monoisotopic (exact) mass is 174 g/mol. The highest BCUT2D eigenvalue weighted by molar-refractivity contribution is 6.45. The van der Waals surface area contributed by atoms with Crippen molar-refractivity contribution in [2.24, 2.45) is 5.73 Å². The van der Waals surface area contributed by atoms with Gasteiger partial charge in [0.2, 0.25) is 0 Å². The molecule has 0 amide bonds. The molecule has 0 aliphatic rings. The van der Waals surface area contributed by atoms with Crippen molar-refractivity contribution in [3.63, 3.8) is 0 Å². The van der Waals surface area contributed by atoms with Crippen molar-refractivity contribution in [3.8, 4) is 0 Å². The second-order valence-corrected chi connectivity index (χ2v) is 2.55. The van der Waals surface area contributed by atoms with E-state index in [-0.39, 0.29) is 0 Å². The van der Waals surface area contributed by atoms with Gasteiger partial charge in [0.1, 0.15) is 6.04 Å². The minimum Gasteiger partial charge on any atom is -0.468 e. The Balaban J connectivity index is 3.43. The van der Waals surface area contributed by atoms with Gasteiger partial charge in [-0.1, -0.05) is 0 Å². The maximum absolute atomic E-state index is 10.7. The lowest BCUT2D eigenvalue weighted by Gasteiger charge is -2.09. The van der Waals surface area contributed by atoms with E-state index in [9.17, 15) is 4.79 Å². The summed E-state index contributed by atoms with van der Waals surface area (Å²) in [6, 6.07) is -0.610. The zero-order chi connectivity index (χ0) is 9.56. The van der Waals surface area contributed by atoms with Crippen LogP contribution >= 0.6 is 0 Å². The number of hydrogen-bond donors (Lipinski definition) is 3. The quantitative estimate of drug-likeness (QED) is 0.351. The molecule has 1 atom stereocenters. The Kier molecular flexibility index (Phi) is 5.70. The summed E-state index contributed by atoms with van der Waals surface area (Å²) in [5, 5.41) is 11.5. The van der Waals surface area contributed by atoms with Gasteiger partial charge in [-0.05, 0) is 19.8 Å². The third-order valence-electron chi connectivity index (χ3n) is 1.40. The third-order valence-corrected chi connectivity index (χ3v) is 1.40. The van der Waals surface area contributed by atoms with Crippen LogP contribution in [0, 0.1) is 0 Å². The normalized spacial score (nSPS) is 12.3. The maximum atomic E-state index is 10.7. The molecule has 0 aromatic rings. The highest BCUT2D eigenvalue weighted by Gasteiger charge is 2.13. The van der Waals surface area contributed by atoms with E-state index in [1.807, 2.05) is 0 Å². The molecule has 0 aromatic carbocycles. The van der Waals surface area contributed by atoms with Crippen LogP contribution in [0.1, 0.15) is 6.42 Å². The first kappa shape index (κ1) is 11.4. The minimum atomic E-state index is -0.610. The van der Waals surface area contributed by atoms with Gasteiger partial charge in [0.25, 0.3) is 0 Å². The van der Waals surface area contributed by atoms with E-state index < -0.39 is 19.1 Å². The summed E-state index contributed by atoms with van der Waals surface area (Å²) in [6.45, 7) is 2.09. The number of carbonyl (C=O) groups excluding carboxylic acids is 1. The Hall–Kier alpha value is -0.585. The lowest BCUT2D eigenvalue weighted by Crippen LogP contribution is -2.38. The molecule has 0 saturated carbocycles. The molecule has 0 spiro atoms. The molecule has 0 rings (SSSR count). The Morgan fingerprint density at radius 1 is 1.83 bits per heavy atom. The van der Waals surface area contributed by atoms with Crippen LogP contribution in [-0.4, -0.2) is 37.7 Å². The van der Waals surface area contributed by atoms with Gasteiger partial charge in [0.05, 0.1) is 7.11 Å². The van der Waals surface area contributed by atoms with Crippen LogP contribution in [0.5, 0.6) is 0 Å². The van der Waals surface area contributed by atoms with E-state index in [0.717, 1.165) is 0 Å². The first-order valence-corrected chi connectivity index (χ1v) is 3.82. The minimum absolute atomic E-state index is 0.428. The highest BCUT2D eigenvalue weighted by Crippen LogP contribution is 1.89. The average Bonchev–Trinajstić information content (AvgIpc) is 2.02. The fourth-order valence-corrected chi connectivity index (χ4v) is 0.717. The van der Waals surface area contributed by atoms with Gasteiger partial charge in [0.15, 0.2) is 0 Å². The molecule has 12 heavy (non-hydrogen) atoms. The second kappa shape index (κ2) is 5.99. The molecular weight excluding hydrogens is 159 g/mol. The number of nitrogens with two attached hydrogens (primary N) is 1. The Labute approximate surface area is 72.4 Å². The van der Waals surface area contributed by atoms with Gasteiger partial charge in [-0.25, -0.2) is 0 Å². The van der Waals surface area contributed by atoms with Crippen molar-refractivity contribution < 1.29 is 14.6 Å². The van der Waals surface area contributed by atoms with E-state index in [4.69, 9.17) is 10.8 Å². The molecule has 0 bridgehead atoms. The summed E-state index contributed by atoms with van der Waals surface area (Å²) in [7, 11) is 0.722. The molecular formula is C6H15BN2O3. The standard InChI is InChI=1S/C6H15BN2O3/c1-7(11)9-4-3-5(8)6(10)12-2/h5,9,11H,3-4,8H2,1-2H3/t5-/m0/s1. The maximum Gasteiger partial charge on any atom is 0.373 e. The Morgan fingerprint density at radius 3 is 2.83 bits per heavy atom. The molecule has 0 unspecified atom stereocenters. The third kappa shape index (κ3) is 5.12. The van der Waals surface area contributed by atoms with Crippen molar-refractivity contribution in [2.45, 2.75) is 19.3 Å². The fourth-order valence-electron chi connectivity index (χ4n) is 0.717. The number of methoxy groups -OCH3 is 1. The molecule has 70 valence electrons. The summed E-state index contributed by atoms with van der Waals surface area (Å²) in [5.41, 5.74) is 5.42. The zero-order valence-electron chi connectivity index (χ0n) is 7.41. The molecule has 4 N–H and O–H groups in total. The number of carbonyl (C=O) groups is 1. The summed E-state index contributed by atoms with van der Waals surface area (Å²) >= 11 is 0. The summed E-state index contributed by atoms with van der Waals surface area (Å²) < 4.78 is 4.42. The zero-order valence-corrected chi connectivity index (χ0v) is 7.41. The SMILES string of the molecule is COC(=O)[C@@H](N)CCNB(C)O. The van der Waals surface area contributed by atoms with Crippen LogP contribution in [0.15, 0.2) is 0 Å². The van der Waals surface area contributed by atoms with Crippen molar-refractivity contribution in [3.05, 3.63) is 0 Å². The van der Waals surface area contributed by atoms with Crippen LogP contribution in [0.4, 0.5) is 0 Å². The number of ether oxygens (including phenoxy) is 1. The van der Waals surface area contributed by atoms with Crippen molar-refractivity contribution >= 4 is 13.0 Å². The van der Waals surface area contributed by atoms with Crippen molar-refractivity contribution in [1.29, 1.82) is 0 Å². The van der Waals surface area contributed by atoms with Gasteiger partial charge < -0.3 is 20.7 Å². The molecule has 0 fully saturated rings. The van der Waals surface area contributed by atoms with E-state index in [0.29, 0.717) is 13.0 Å². The van der Waals surface area contributed by atoms with E-state index in [1.54, 1.807) is 6.82 Å². The first-order chi connectivity index (χ1) is 5.57. The summed E-state index contributed by atoms with van der Waals surface area (Å²) in [6.07, 6.45) is 0.456. The largest absolute Gasteiger partial charge is 0.468 e. The van der Waals surface area contributed by atoms with Crippen LogP contribution in [0.2, 0.25) is 6.82 Å². The Bertz CT molecular complexity index is 143. The second-order valence-electron chi connectivity index (χ2n) is 2.55. The predicted octanol–water partition coefficient (Wildman–Crippen LogP) is -1.42. The molecule has 0 aliphatic heterocycles. The lowest BCUT2D eigenvalue weighted by atomic mass is 9.89. The predicted molar refractivity (Wildman–Crippen MR) is 46.4 cm³/mol. The number of esters is 1. The molecule has 0 heterocycles. The van der Waals surface area contributed by atoms with Gasteiger partial charge in [-0.15, -0.1) is 0 Å². The van der Waals surface area contributed by atoms with E-state index >= 15 is 0 Å². The molecule has 0 aromatic heterocycles. The average molecular weight is 174 g/mol. The van der Waals surface area contributed by atoms with Crippen molar-refractivity contribution in [1.82, 2.24) is 5.23 Å². The van der Waals surface area contributed by atoms with Gasteiger partial charge in [0, 0.05) is 0 Å².